The van der Waals surface area contributed by atoms with Gasteiger partial charge in [-0.25, -0.2) is 8.78 Å². The first-order valence-corrected chi connectivity index (χ1v) is 8.98. The van der Waals surface area contributed by atoms with Gasteiger partial charge >= 0.3 is 0 Å². The van der Waals surface area contributed by atoms with Crippen molar-refractivity contribution < 1.29 is 18.4 Å². The summed E-state index contributed by atoms with van der Waals surface area (Å²) in [6, 6.07) is 11.7. The second kappa shape index (κ2) is 8.29. The Morgan fingerprint density at radius 1 is 1.04 bits per heavy atom. The highest BCUT2D eigenvalue weighted by atomic mass is 19.1. The number of hydrogen-bond acceptors (Lipinski definition) is 2. The summed E-state index contributed by atoms with van der Waals surface area (Å²) in [6.45, 7) is 1.33. The highest BCUT2D eigenvalue weighted by molar-refractivity contribution is 5.94. The lowest BCUT2D eigenvalue weighted by Gasteiger charge is -2.33. The Hall–Kier alpha value is -2.76. The first-order valence-electron chi connectivity index (χ1n) is 8.98. The van der Waals surface area contributed by atoms with Crippen molar-refractivity contribution in [2.24, 2.45) is 5.92 Å². The highest BCUT2D eigenvalue weighted by Crippen LogP contribution is 2.22. The van der Waals surface area contributed by atoms with Gasteiger partial charge in [0.05, 0.1) is 0 Å². The maximum atomic E-state index is 13.3. The third kappa shape index (κ3) is 4.70. The van der Waals surface area contributed by atoms with Crippen LogP contribution in [0, 0.1) is 17.6 Å². The second-order valence-electron chi connectivity index (χ2n) is 6.90. The average molecular weight is 372 g/mol. The molecule has 1 aliphatic heterocycles. The summed E-state index contributed by atoms with van der Waals surface area (Å²) in [4.78, 5) is 28.4. The van der Waals surface area contributed by atoms with Crippen molar-refractivity contribution in [2.45, 2.75) is 19.4 Å². The number of nitrogens with zero attached hydrogens (tertiary/aromatic N) is 2. The fraction of sp³-hybridized carbons (Fsp3) is 0.333. The number of halogens is 2. The van der Waals surface area contributed by atoms with Crippen molar-refractivity contribution in [2.75, 3.05) is 20.1 Å². The largest absolute Gasteiger partial charge is 0.341 e. The molecular weight excluding hydrogens is 350 g/mol. The van der Waals surface area contributed by atoms with Gasteiger partial charge in [0.15, 0.2) is 0 Å². The van der Waals surface area contributed by atoms with Crippen LogP contribution in [0.1, 0.15) is 28.8 Å². The van der Waals surface area contributed by atoms with E-state index in [-0.39, 0.29) is 29.4 Å². The van der Waals surface area contributed by atoms with E-state index in [1.165, 1.54) is 36.4 Å². The molecule has 0 aromatic heterocycles. The zero-order chi connectivity index (χ0) is 19.4. The number of benzene rings is 2. The van der Waals surface area contributed by atoms with Crippen LogP contribution in [0.3, 0.4) is 0 Å². The molecule has 1 saturated heterocycles. The molecule has 0 atom stereocenters. The van der Waals surface area contributed by atoms with Crippen LogP contribution in [0.15, 0.2) is 48.5 Å². The van der Waals surface area contributed by atoms with Crippen molar-refractivity contribution >= 4 is 11.8 Å². The van der Waals surface area contributed by atoms with Gasteiger partial charge in [-0.2, -0.15) is 0 Å². The lowest BCUT2D eigenvalue weighted by Crippen LogP contribution is -2.43. The van der Waals surface area contributed by atoms with Crippen molar-refractivity contribution in [3.05, 3.63) is 71.3 Å². The molecule has 0 saturated carbocycles. The Morgan fingerprint density at radius 3 is 2.33 bits per heavy atom. The molecule has 142 valence electrons. The SMILES string of the molecule is CN(Cc1cccc(F)c1)C(=O)C1CCN(C(=O)c2ccc(F)cc2)CC1. The summed E-state index contributed by atoms with van der Waals surface area (Å²) in [5.41, 5.74) is 1.19. The van der Waals surface area contributed by atoms with Crippen molar-refractivity contribution in [3.63, 3.8) is 0 Å². The van der Waals surface area contributed by atoms with Crippen molar-refractivity contribution in [1.82, 2.24) is 9.80 Å². The lowest BCUT2D eigenvalue weighted by atomic mass is 9.94. The summed E-state index contributed by atoms with van der Waals surface area (Å²) in [5, 5.41) is 0. The van der Waals surface area contributed by atoms with Crippen LogP contribution in [0.2, 0.25) is 0 Å². The molecule has 2 amide bonds. The third-order valence-corrected chi connectivity index (χ3v) is 4.91. The maximum Gasteiger partial charge on any atom is 0.253 e. The molecule has 4 nitrogen and oxygen atoms in total. The molecule has 1 aliphatic rings. The predicted octanol–water partition coefficient (Wildman–Crippen LogP) is 3.48. The molecule has 0 spiro atoms. The summed E-state index contributed by atoms with van der Waals surface area (Å²) >= 11 is 0. The van der Waals surface area contributed by atoms with Gasteiger partial charge < -0.3 is 9.80 Å². The maximum absolute atomic E-state index is 13.3. The molecule has 6 heteroatoms. The summed E-state index contributed by atoms with van der Waals surface area (Å²) in [6.07, 6.45) is 1.17. The number of piperidine rings is 1. The third-order valence-electron chi connectivity index (χ3n) is 4.91. The van der Waals surface area contributed by atoms with Crippen LogP contribution in [-0.4, -0.2) is 41.8 Å². The number of likely N-dealkylation sites (tertiary alicyclic amines) is 1. The minimum atomic E-state index is -0.378. The van der Waals surface area contributed by atoms with Gasteiger partial charge in [-0.15, -0.1) is 0 Å². The number of rotatable bonds is 4. The molecule has 1 fully saturated rings. The molecule has 2 aromatic carbocycles. The topological polar surface area (TPSA) is 40.6 Å². The minimum absolute atomic E-state index is 0.00754. The van der Waals surface area contributed by atoms with E-state index in [4.69, 9.17) is 0 Å². The van der Waals surface area contributed by atoms with Crippen molar-refractivity contribution in [1.29, 1.82) is 0 Å². The van der Waals surface area contributed by atoms with Gasteiger partial charge in [0.2, 0.25) is 5.91 Å². The summed E-state index contributed by atoms with van der Waals surface area (Å²) < 4.78 is 26.3. The molecule has 0 bridgehead atoms. The Bertz CT molecular complexity index is 815. The quantitative estimate of drug-likeness (QED) is 0.825. The van der Waals surface area contributed by atoms with Crippen LogP contribution in [0.4, 0.5) is 8.78 Å². The van der Waals surface area contributed by atoms with Crippen molar-refractivity contribution in [3.8, 4) is 0 Å². The molecule has 2 aromatic rings. The highest BCUT2D eigenvalue weighted by Gasteiger charge is 2.29. The van der Waals surface area contributed by atoms with Crippen LogP contribution < -0.4 is 0 Å². The predicted molar refractivity (Wildman–Crippen MR) is 97.9 cm³/mol. The zero-order valence-electron chi connectivity index (χ0n) is 15.2. The van der Waals surface area contributed by atoms with E-state index < -0.39 is 0 Å². The van der Waals surface area contributed by atoms with Gasteiger partial charge in [0.1, 0.15) is 11.6 Å². The lowest BCUT2D eigenvalue weighted by molar-refractivity contribution is -0.136. The number of carbonyl (C=O) groups is 2. The van der Waals surface area contributed by atoms with Gasteiger partial charge in [-0.05, 0) is 54.8 Å². The fourth-order valence-electron chi connectivity index (χ4n) is 3.40. The van der Waals surface area contributed by atoms with E-state index in [1.54, 1.807) is 29.0 Å². The summed E-state index contributed by atoms with van der Waals surface area (Å²) in [5.74, 6) is -0.985. The first kappa shape index (κ1) is 19.0. The Kier molecular flexibility index (Phi) is 5.84. The molecule has 0 N–H and O–H groups in total. The van der Waals surface area contributed by atoms with Crippen LogP contribution in [0.5, 0.6) is 0 Å². The second-order valence-corrected chi connectivity index (χ2v) is 6.90. The van der Waals surface area contributed by atoms with Gasteiger partial charge in [0, 0.05) is 38.2 Å². The monoisotopic (exact) mass is 372 g/mol. The number of carbonyl (C=O) groups excluding carboxylic acids is 2. The number of amides is 2. The minimum Gasteiger partial charge on any atom is -0.341 e. The molecule has 0 radical (unpaired) electrons. The Labute approximate surface area is 157 Å². The number of hydrogen-bond donors (Lipinski definition) is 0. The van der Waals surface area contributed by atoms with Crippen LogP contribution in [0.25, 0.3) is 0 Å². The van der Waals surface area contributed by atoms with Crippen LogP contribution in [-0.2, 0) is 11.3 Å². The first-order chi connectivity index (χ1) is 12.9. The van der Waals surface area contributed by atoms with Gasteiger partial charge in [0.25, 0.3) is 5.91 Å². The Morgan fingerprint density at radius 2 is 1.70 bits per heavy atom. The van der Waals surface area contributed by atoms with E-state index >= 15 is 0 Å². The summed E-state index contributed by atoms with van der Waals surface area (Å²) in [7, 11) is 1.71. The van der Waals surface area contributed by atoms with E-state index in [0.29, 0.717) is 38.0 Å². The Balaban J connectivity index is 1.54. The molecule has 27 heavy (non-hydrogen) atoms. The zero-order valence-corrected chi connectivity index (χ0v) is 15.2. The average Bonchev–Trinajstić information content (AvgIpc) is 2.67. The van der Waals surface area contributed by atoms with Crippen LogP contribution >= 0.6 is 0 Å². The molecule has 0 aliphatic carbocycles. The van der Waals surface area contributed by atoms with E-state index in [2.05, 4.69) is 0 Å². The fourth-order valence-corrected chi connectivity index (χ4v) is 3.40. The molecular formula is C21H22F2N2O2. The standard InChI is InChI=1S/C21H22F2N2O2/c1-24(14-15-3-2-4-19(23)13-15)20(26)17-9-11-25(12-10-17)21(27)16-5-7-18(22)8-6-16/h2-8,13,17H,9-12,14H2,1H3. The van der Waals surface area contributed by atoms with E-state index in [9.17, 15) is 18.4 Å². The molecule has 1 heterocycles. The van der Waals surface area contributed by atoms with Gasteiger partial charge in [-0.3, -0.25) is 9.59 Å². The van der Waals surface area contributed by atoms with Gasteiger partial charge in [-0.1, -0.05) is 12.1 Å². The smallest absolute Gasteiger partial charge is 0.253 e. The van der Waals surface area contributed by atoms with E-state index in [0.717, 1.165) is 5.56 Å². The van der Waals surface area contributed by atoms with E-state index in [1.807, 2.05) is 0 Å². The molecule has 3 rings (SSSR count). The normalized spacial score (nSPS) is 14.9. The molecule has 0 unspecified atom stereocenters.